The summed E-state index contributed by atoms with van der Waals surface area (Å²) < 4.78 is 18.8. The number of nitrogens with one attached hydrogen (secondary N) is 2. The summed E-state index contributed by atoms with van der Waals surface area (Å²) in [6, 6.07) is 16.2. The van der Waals surface area contributed by atoms with Crippen LogP contribution in [0.2, 0.25) is 0 Å². The minimum absolute atomic E-state index is 0. The molecule has 8 heteroatoms. The molecule has 0 aromatic heterocycles. The molecule has 0 bridgehead atoms. The highest BCUT2D eigenvalue weighted by molar-refractivity contribution is 14.0. The fourth-order valence-electron chi connectivity index (χ4n) is 3.64. The van der Waals surface area contributed by atoms with Gasteiger partial charge >= 0.3 is 0 Å². The van der Waals surface area contributed by atoms with E-state index in [1.54, 1.807) is 19.2 Å². The van der Waals surface area contributed by atoms with Crippen molar-refractivity contribution in [2.75, 3.05) is 39.8 Å². The average Bonchev–Trinajstić information content (AvgIpc) is 3.25. The van der Waals surface area contributed by atoms with Crippen molar-refractivity contribution in [2.45, 2.75) is 19.4 Å². The number of ether oxygens (including phenoxy) is 1. The predicted octanol–water partition coefficient (Wildman–Crippen LogP) is 3.22. The van der Waals surface area contributed by atoms with Crippen molar-refractivity contribution in [1.29, 1.82) is 0 Å². The number of nitrogens with zero attached hydrogens (tertiary/aromatic N) is 2. The lowest BCUT2D eigenvalue weighted by Gasteiger charge is -2.22. The summed E-state index contributed by atoms with van der Waals surface area (Å²) in [5, 5.41) is 6.19. The van der Waals surface area contributed by atoms with Gasteiger partial charge in [0.2, 0.25) is 5.91 Å². The lowest BCUT2D eigenvalue weighted by molar-refractivity contribution is -0.120. The maximum atomic E-state index is 12.9. The van der Waals surface area contributed by atoms with Crippen LogP contribution in [0, 0.1) is 11.7 Å². The lowest BCUT2D eigenvalue weighted by atomic mass is 10.1. The van der Waals surface area contributed by atoms with Crippen molar-refractivity contribution in [2.24, 2.45) is 10.9 Å². The first-order valence-corrected chi connectivity index (χ1v) is 10.7. The van der Waals surface area contributed by atoms with Crippen LogP contribution in [0.15, 0.2) is 59.6 Å². The van der Waals surface area contributed by atoms with Gasteiger partial charge in [-0.2, -0.15) is 0 Å². The third kappa shape index (κ3) is 8.74. The Morgan fingerprint density at radius 1 is 1.09 bits per heavy atom. The van der Waals surface area contributed by atoms with Crippen molar-refractivity contribution in [3.8, 4) is 0 Å². The summed E-state index contributed by atoms with van der Waals surface area (Å²) in [5.74, 6) is 0.947. The number of aliphatic imine (C=N–C) groups is 1. The fraction of sp³-hybridized carbons (Fsp3) is 0.417. The molecule has 1 aliphatic rings. The molecule has 1 aliphatic heterocycles. The molecule has 2 aromatic rings. The summed E-state index contributed by atoms with van der Waals surface area (Å²) in [6.45, 7) is 4.31. The predicted molar refractivity (Wildman–Crippen MR) is 136 cm³/mol. The van der Waals surface area contributed by atoms with Crippen LogP contribution < -0.4 is 10.6 Å². The number of hydrogen-bond acceptors (Lipinski definition) is 3. The first-order chi connectivity index (χ1) is 15.1. The minimum Gasteiger partial charge on any atom is -0.376 e. The van der Waals surface area contributed by atoms with Gasteiger partial charge in [-0.3, -0.25) is 9.79 Å². The molecule has 1 atom stereocenters. The zero-order valence-electron chi connectivity index (χ0n) is 18.4. The summed E-state index contributed by atoms with van der Waals surface area (Å²) in [6.07, 6.45) is 1.32. The molecule has 1 unspecified atom stereocenters. The molecule has 2 aromatic carbocycles. The molecule has 6 nitrogen and oxygen atoms in total. The Hall–Kier alpha value is -2.20. The quantitative estimate of drug-likeness (QED) is 0.216. The Labute approximate surface area is 206 Å². The summed E-state index contributed by atoms with van der Waals surface area (Å²) in [5.41, 5.74) is 1.98. The monoisotopic (exact) mass is 554 g/mol. The van der Waals surface area contributed by atoms with Crippen LogP contribution in [0.4, 0.5) is 4.39 Å². The van der Waals surface area contributed by atoms with Crippen LogP contribution in [0.25, 0.3) is 0 Å². The Balaban J connectivity index is 0.00000363. The van der Waals surface area contributed by atoms with E-state index in [0.717, 1.165) is 37.6 Å². The molecule has 1 saturated heterocycles. The first kappa shape index (κ1) is 26.1. The number of hydrogen-bond donors (Lipinski definition) is 2. The SMILES string of the molecule is CN=C(NCCNC(=O)Cc1ccc(F)cc1)N1CCC(COCc2ccccc2)C1.I. The van der Waals surface area contributed by atoms with E-state index in [4.69, 9.17) is 4.74 Å². The number of amides is 1. The number of benzene rings is 2. The summed E-state index contributed by atoms with van der Waals surface area (Å²) in [7, 11) is 1.77. The van der Waals surface area contributed by atoms with Crippen LogP contribution in [-0.4, -0.2) is 56.6 Å². The van der Waals surface area contributed by atoms with Crippen LogP contribution in [0.1, 0.15) is 17.5 Å². The zero-order valence-corrected chi connectivity index (χ0v) is 20.8. The second kappa shape index (κ2) is 14.1. The second-order valence-corrected chi connectivity index (χ2v) is 7.73. The molecule has 0 saturated carbocycles. The van der Waals surface area contributed by atoms with E-state index in [0.29, 0.717) is 25.6 Å². The highest BCUT2D eigenvalue weighted by atomic mass is 127. The normalized spacial score (nSPS) is 15.9. The van der Waals surface area contributed by atoms with E-state index >= 15 is 0 Å². The molecule has 0 aliphatic carbocycles. The number of halogens is 2. The van der Waals surface area contributed by atoms with Gasteiger partial charge in [-0.25, -0.2) is 4.39 Å². The van der Waals surface area contributed by atoms with Gasteiger partial charge in [0, 0.05) is 39.1 Å². The van der Waals surface area contributed by atoms with E-state index in [-0.39, 0.29) is 42.1 Å². The van der Waals surface area contributed by atoms with E-state index in [1.165, 1.54) is 17.7 Å². The second-order valence-electron chi connectivity index (χ2n) is 7.73. The van der Waals surface area contributed by atoms with Gasteiger partial charge in [-0.05, 0) is 29.7 Å². The number of likely N-dealkylation sites (tertiary alicyclic amines) is 1. The van der Waals surface area contributed by atoms with Gasteiger partial charge < -0.3 is 20.3 Å². The molecule has 32 heavy (non-hydrogen) atoms. The largest absolute Gasteiger partial charge is 0.376 e. The molecule has 1 heterocycles. The van der Waals surface area contributed by atoms with E-state index in [1.807, 2.05) is 18.2 Å². The number of rotatable bonds is 9. The molecule has 3 rings (SSSR count). The number of guanidine groups is 1. The van der Waals surface area contributed by atoms with Crippen LogP contribution in [0.3, 0.4) is 0 Å². The standard InChI is InChI=1S/C24H31FN4O2.HI/c1-26-24(28-13-12-27-23(30)15-19-7-9-22(25)10-8-19)29-14-11-21(16-29)18-31-17-20-5-3-2-4-6-20;/h2-10,21H,11-18H2,1H3,(H,26,28)(H,27,30);1H. The van der Waals surface area contributed by atoms with Gasteiger partial charge in [0.05, 0.1) is 19.6 Å². The molecular formula is C24H32FIN4O2. The summed E-state index contributed by atoms with van der Waals surface area (Å²) in [4.78, 5) is 18.6. The molecule has 0 spiro atoms. The highest BCUT2D eigenvalue weighted by Gasteiger charge is 2.24. The van der Waals surface area contributed by atoms with Crippen LogP contribution in [0.5, 0.6) is 0 Å². The zero-order chi connectivity index (χ0) is 21.9. The minimum atomic E-state index is -0.299. The molecule has 0 radical (unpaired) electrons. The molecule has 1 fully saturated rings. The van der Waals surface area contributed by atoms with Gasteiger partial charge in [0.25, 0.3) is 0 Å². The van der Waals surface area contributed by atoms with E-state index < -0.39 is 0 Å². The highest BCUT2D eigenvalue weighted by Crippen LogP contribution is 2.17. The molecule has 2 N–H and O–H groups in total. The van der Waals surface area contributed by atoms with Crippen molar-refractivity contribution in [3.63, 3.8) is 0 Å². The fourth-order valence-corrected chi connectivity index (χ4v) is 3.64. The average molecular weight is 554 g/mol. The third-order valence-corrected chi connectivity index (χ3v) is 5.27. The Bertz CT molecular complexity index is 849. The summed E-state index contributed by atoms with van der Waals surface area (Å²) >= 11 is 0. The Morgan fingerprint density at radius 2 is 1.81 bits per heavy atom. The number of carbonyl (C=O) groups excluding carboxylic acids is 1. The molecular weight excluding hydrogens is 522 g/mol. The Kier molecular flexibility index (Phi) is 11.4. The van der Waals surface area contributed by atoms with Crippen molar-refractivity contribution < 1.29 is 13.9 Å². The van der Waals surface area contributed by atoms with E-state index in [9.17, 15) is 9.18 Å². The lowest BCUT2D eigenvalue weighted by Crippen LogP contribution is -2.43. The maximum Gasteiger partial charge on any atom is 0.224 e. The Morgan fingerprint density at radius 3 is 2.53 bits per heavy atom. The van der Waals surface area contributed by atoms with Gasteiger partial charge in [-0.1, -0.05) is 42.5 Å². The van der Waals surface area contributed by atoms with E-state index in [2.05, 4.69) is 32.7 Å². The van der Waals surface area contributed by atoms with Gasteiger partial charge in [0.15, 0.2) is 5.96 Å². The number of carbonyl (C=O) groups is 1. The van der Waals surface area contributed by atoms with Crippen LogP contribution >= 0.6 is 24.0 Å². The topological polar surface area (TPSA) is 66.0 Å². The van der Waals surface area contributed by atoms with Gasteiger partial charge in [0.1, 0.15) is 5.82 Å². The first-order valence-electron chi connectivity index (χ1n) is 10.7. The van der Waals surface area contributed by atoms with Crippen molar-refractivity contribution in [3.05, 3.63) is 71.5 Å². The maximum absolute atomic E-state index is 12.9. The molecule has 1 amide bonds. The smallest absolute Gasteiger partial charge is 0.224 e. The van der Waals surface area contributed by atoms with Crippen LogP contribution in [-0.2, 0) is 22.6 Å². The van der Waals surface area contributed by atoms with Gasteiger partial charge in [-0.15, -0.1) is 24.0 Å². The van der Waals surface area contributed by atoms with Crippen molar-refractivity contribution in [1.82, 2.24) is 15.5 Å². The molecule has 174 valence electrons. The third-order valence-electron chi connectivity index (χ3n) is 5.27. The van der Waals surface area contributed by atoms with Crippen molar-refractivity contribution >= 4 is 35.8 Å².